The predicted octanol–water partition coefficient (Wildman–Crippen LogP) is 3.65. The number of rotatable bonds is 8. The van der Waals surface area contributed by atoms with Gasteiger partial charge in [-0.2, -0.15) is 0 Å². The Labute approximate surface area is 170 Å². The van der Waals surface area contributed by atoms with Crippen molar-refractivity contribution in [2.45, 2.75) is 45.6 Å². The molecule has 0 amide bonds. The van der Waals surface area contributed by atoms with Crippen molar-refractivity contribution in [2.75, 3.05) is 13.7 Å². The molecular formula is C23H26O6. The average Bonchev–Trinajstić information content (AvgIpc) is 3.11. The highest BCUT2D eigenvalue weighted by molar-refractivity contribution is 5.97. The number of esters is 1. The van der Waals surface area contributed by atoms with E-state index in [1.54, 1.807) is 12.1 Å². The Hall–Kier alpha value is -3.02. The Morgan fingerprint density at radius 3 is 2.72 bits per heavy atom. The van der Waals surface area contributed by atoms with E-state index in [-0.39, 0.29) is 30.0 Å². The van der Waals surface area contributed by atoms with Crippen LogP contribution in [-0.2, 0) is 28.8 Å². The summed E-state index contributed by atoms with van der Waals surface area (Å²) in [6.07, 6.45) is 2.24. The first-order valence-electron chi connectivity index (χ1n) is 9.76. The molecule has 154 valence electrons. The van der Waals surface area contributed by atoms with Gasteiger partial charge in [0, 0.05) is 12.0 Å². The number of aryl methyl sites for hydroxylation is 1. The minimum atomic E-state index is -0.275. The number of phenolic OH excluding ortho intramolecular Hbond substituents is 1. The molecule has 29 heavy (non-hydrogen) atoms. The largest absolute Gasteiger partial charge is 0.507 e. The van der Waals surface area contributed by atoms with Crippen LogP contribution < -0.4 is 9.47 Å². The summed E-state index contributed by atoms with van der Waals surface area (Å²) in [4.78, 5) is 23.1. The van der Waals surface area contributed by atoms with Crippen LogP contribution in [0, 0.1) is 0 Å². The number of hydrogen-bond donors (Lipinski definition) is 1. The Balaban J connectivity index is 1.69. The monoisotopic (exact) mass is 398 g/mol. The van der Waals surface area contributed by atoms with Gasteiger partial charge in [-0.3, -0.25) is 9.59 Å². The van der Waals surface area contributed by atoms with Gasteiger partial charge in [-0.15, -0.1) is 0 Å². The number of phenols is 1. The standard InChI is InChI=1S/C23H26O6/c1-4-5-16-10-15(11-22(25)27-3)6-8-20(16)28-13-17-12-19-21(29-17)9-7-18(14(2)24)23(19)26/h6-10,17,26H,4-5,11-13H2,1-3H3. The molecule has 0 saturated heterocycles. The molecule has 2 aromatic rings. The van der Waals surface area contributed by atoms with Crippen LogP contribution in [0.3, 0.4) is 0 Å². The summed E-state index contributed by atoms with van der Waals surface area (Å²) in [7, 11) is 1.38. The van der Waals surface area contributed by atoms with Gasteiger partial charge in [-0.25, -0.2) is 0 Å². The number of carbonyl (C=O) groups is 2. The molecule has 2 aromatic carbocycles. The number of aromatic hydroxyl groups is 1. The first-order valence-corrected chi connectivity index (χ1v) is 9.76. The lowest BCUT2D eigenvalue weighted by Crippen LogP contribution is -2.22. The van der Waals surface area contributed by atoms with Gasteiger partial charge < -0.3 is 19.3 Å². The molecular weight excluding hydrogens is 372 g/mol. The smallest absolute Gasteiger partial charge is 0.309 e. The molecule has 6 nitrogen and oxygen atoms in total. The molecule has 0 spiro atoms. The Kier molecular flexibility index (Phi) is 6.42. The number of benzene rings is 2. The fraction of sp³-hybridized carbons (Fsp3) is 0.391. The number of methoxy groups -OCH3 is 1. The molecule has 1 aliphatic heterocycles. The van der Waals surface area contributed by atoms with E-state index < -0.39 is 0 Å². The van der Waals surface area contributed by atoms with E-state index in [0.29, 0.717) is 29.9 Å². The topological polar surface area (TPSA) is 82.1 Å². The second-order valence-corrected chi connectivity index (χ2v) is 7.19. The third-order valence-corrected chi connectivity index (χ3v) is 4.99. The number of ketones is 1. The van der Waals surface area contributed by atoms with Crippen LogP contribution >= 0.6 is 0 Å². The summed E-state index contributed by atoms with van der Waals surface area (Å²) in [5.74, 6) is 0.887. The molecule has 0 radical (unpaired) electrons. The molecule has 1 unspecified atom stereocenters. The summed E-state index contributed by atoms with van der Waals surface area (Å²) in [6, 6.07) is 9.01. The Morgan fingerprint density at radius 1 is 1.24 bits per heavy atom. The lowest BCUT2D eigenvalue weighted by Gasteiger charge is -2.16. The summed E-state index contributed by atoms with van der Waals surface area (Å²) in [6.45, 7) is 3.83. The van der Waals surface area contributed by atoms with E-state index in [2.05, 4.69) is 6.92 Å². The molecule has 0 fully saturated rings. The minimum absolute atomic E-state index is 0.00339. The highest BCUT2D eigenvalue weighted by atomic mass is 16.5. The second-order valence-electron chi connectivity index (χ2n) is 7.19. The maximum Gasteiger partial charge on any atom is 0.309 e. The van der Waals surface area contributed by atoms with E-state index in [1.807, 2.05) is 18.2 Å². The number of ether oxygens (including phenoxy) is 3. The molecule has 3 rings (SSSR count). The molecule has 0 bridgehead atoms. The molecule has 6 heteroatoms. The van der Waals surface area contributed by atoms with Crippen LogP contribution in [0.1, 0.15) is 47.3 Å². The fourth-order valence-corrected chi connectivity index (χ4v) is 3.52. The number of hydrogen-bond acceptors (Lipinski definition) is 6. The van der Waals surface area contributed by atoms with Crippen molar-refractivity contribution < 1.29 is 28.9 Å². The van der Waals surface area contributed by atoms with E-state index >= 15 is 0 Å². The zero-order valence-corrected chi connectivity index (χ0v) is 17.0. The van der Waals surface area contributed by atoms with Gasteiger partial charge in [0.1, 0.15) is 30.0 Å². The van der Waals surface area contributed by atoms with E-state index in [9.17, 15) is 14.7 Å². The second kappa shape index (κ2) is 8.99. The molecule has 0 aromatic heterocycles. The SMILES string of the molecule is CCCc1cc(CC(=O)OC)ccc1OCC1Cc2c(ccc(C(C)=O)c2O)O1. The first-order chi connectivity index (χ1) is 13.9. The van der Waals surface area contributed by atoms with Crippen molar-refractivity contribution in [1.29, 1.82) is 0 Å². The summed E-state index contributed by atoms with van der Waals surface area (Å²) in [5.41, 5.74) is 2.87. The van der Waals surface area contributed by atoms with Gasteiger partial charge in [0.15, 0.2) is 5.78 Å². The third-order valence-electron chi connectivity index (χ3n) is 4.99. The zero-order chi connectivity index (χ0) is 21.0. The van der Waals surface area contributed by atoms with Crippen LogP contribution in [0.25, 0.3) is 0 Å². The van der Waals surface area contributed by atoms with Gasteiger partial charge in [0.05, 0.1) is 19.1 Å². The molecule has 1 aliphatic rings. The van der Waals surface area contributed by atoms with Gasteiger partial charge in [0.25, 0.3) is 0 Å². The molecule has 1 heterocycles. The minimum Gasteiger partial charge on any atom is -0.507 e. The van der Waals surface area contributed by atoms with Crippen LogP contribution in [0.5, 0.6) is 17.2 Å². The average molecular weight is 398 g/mol. The molecule has 1 atom stereocenters. The summed E-state index contributed by atoms with van der Waals surface area (Å²) >= 11 is 0. The van der Waals surface area contributed by atoms with Gasteiger partial charge in [0.2, 0.25) is 0 Å². The maximum atomic E-state index is 11.6. The summed E-state index contributed by atoms with van der Waals surface area (Å²) in [5, 5.41) is 10.3. The Bertz CT molecular complexity index is 918. The van der Waals surface area contributed by atoms with Crippen molar-refractivity contribution in [3.05, 3.63) is 52.6 Å². The molecule has 0 aliphatic carbocycles. The first kappa shape index (κ1) is 20.7. The highest BCUT2D eigenvalue weighted by Gasteiger charge is 2.28. The maximum absolute atomic E-state index is 11.6. The van der Waals surface area contributed by atoms with Crippen LogP contribution in [-0.4, -0.2) is 36.7 Å². The highest BCUT2D eigenvalue weighted by Crippen LogP contribution is 2.38. The normalized spacial score (nSPS) is 14.8. The summed E-state index contributed by atoms with van der Waals surface area (Å²) < 4.78 is 16.6. The Morgan fingerprint density at radius 2 is 2.03 bits per heavy atom. The fourth-order valence-electron chi connectivity index (χ4n) is 3.52. The third kappa shape index (κ3) is 4.70. The van der Waals surface area contributed by atoms with Crippen molar-refractivity contribution in [2.24, 2.45) is 0 Å². The predicted molar refractivity (Wildman–Crippen MR) is 108 cm³/mol. The van der Waals surface area contributed by atoms with E-state index in [0.717, 1.165) is 29.7 Å². The number of Topliss-reactive ketones (excluding diaryl/α,β-unsaturated/α-hetero) is 1. The van der Waals surface area contributed by atoms with E-state index in [4.69, 9.17) is 14.2 Å². The molecule has 0 saturated carbocycles. The van der Waals surface area contributed by atoms with Crippen LogP contribution in [0.4, 0.5) is 0 Å². The van der Waals surface area contributed by atoms with Gasteiger partial charge >= 0.3 is 5.97 Å². The van der Waals surface area contributed by atoms with Crippen LogP contribution in [0.15, 0.2) is 30.3 Å². The van der Waals surface area contributed by atoms with E-state index in [1.165, 1.54) is 14.0 Å². The zero-order valence-electron chi connectivity index (χ0n) is 17.0. The molecule has 1 N–H and O–H groups in total. The van der Waals surface area contributed by atoms with Gasteiger partial charge in [-0.1, -0.05) is 25.5 Å². The lowest BCUT2D eigenvalue weighted by atomic mass is 10.0. The number of carbonyl (C=O) groups excluding carboxylic acids is 2. The number of fused-ring (bicyclic) bond motifs is 1. The van der Waals surface area contributed by atoms with Crippen molar-refractivity contribution in [3.8, 4) is 17.2 Å². The lowest BCUT2D eigenvalue weighted by molar-refractivity contribution is -0.139. The van der Waals surface area contributed by atoms with Crippen molar-refractivity contribution in [1.82, 2.24) is 0 Å². The van der Waals surface area contributed by atoms with Crippen molar-refractivity contribution in [3.63, 3.8) is 0 Å². The van der Waals surface area contributed by atoms with Crippen molar-refractivity contribution >= 4 is 11.8 Å². The van der Waals surface area contributed by atoms with Crippen LogP contribution in [0.2, 0.25) is 0 Å². The van der Waals surface area contributed by atoms with Gasteiger partial charge in [-0.05, 0) is 42.7 Å². The quantitative estimate of drug-likeness (QED) is 0.540.